The molecule has 9 heteroatoms. The van der Waals surface area contributed by atoms with Crippen LogP contribution in [0.25, 0.3) is 0 Å². The van der Waals surface area contributed by atoms with E-state index in [0.29, 0.717) is 27.3 Å². The predicted octanol–water partition coefficient (Wildman–Crippen LogP) is 2.34. The van der Waals surface area contributed by atoms with E-state index < -0.39 is 17.9 Å². The minimum absolute atomic E-state index is 0.0999. The van der Waals surface area contributed by atoms with Crippen molar-refractivity contribution in [1.82, 2.24) is 4.90 Å². The van der Waals surface area contributed by atoms with E-state index in [9.17, 15) is 14.4 Å². The lowest BCUT2D eigenvalue weighted by Gasteiger charge is -2.26. The lowest BCUT2D eigenvalue weighted by Crippen LogP contribution is -2.54. The van der Waals surface area contributed by atoms with E-state index >= 15 is 0 Å². The quantitative estimate of drug-likeness (QED) is 0.585. The molecule has 0 spiro atoms. The maximum Gasteiger partial charge on any atom is 0.445 e. The number of halogens is 1. The van der Waals surface area contributed by atoms with Gasteiger partial charge in [0.1, 0.15) is 5.04 Å². The van der Waals surface area contributed by atoms with Crippen LogP contribution < -0.4 is 0 Å². The van der Waals surface area contributed by atoms with Crippen molar-refractivity contribution in [3.63, 3.8) is 0 Å². The SMILES string of the molecule is CC1=NC2=[N+](C)C(=O)N(C)C(=O)C2C(SCC(=O)c2ccc(Cl)cc2)=N1. The molecule has 0 saturated carbocycles. The zero-order valence-corrected chi connectivity index (χ0v) is 16.0. The molecule has 26 heavy (non-hydrogen) atoms. The second kappa shape index (κ2) is 7.13. The molecule has 134 valence electrons. The van der Waals surface area contributed by atoms with Crippen LogP contribution >= 0.6 is 23.4 Å². The minimum Gasteiger partial charge on any atom is -0.293 e. The van der Waals surface area contributed by atoms with Crippen molar-refractivity contribution < 1.29 is 19.0 Å². The minimum atomic E-state index is -0.769. The van der Waals surface area contributed by atoms with E-state index in [1.807, 2.05) is 0 Å². The highest BCUT2D eigenvalue weighted by molar-refractivity contribution is 8.14. The molecule has 1 atom stereocenters. The van der Waals surface area contributed by atoms with Crippen molar-refractivity contribution in [1.29, 1.82) is 0 Å². The van der Waals surface area contributed by atoms with Crippen LogP contribution in [0, 0.1) is 5.92 Å². The summed E-state index contributed by atoms with van der Waals surface area (Å²) in [5.74, 6) is -0.371. The van der Waals surface area contributed by atoms with Crippen molar-refractivity contribution >= 4 is 57.8 Å². The van der Waals surface area contributed by atoms with Gasteiger partial charge >= 0.3 is 11.9 Å². The van der Waals surface area contributed by atoms with Gasteiger partial charge in [-0.3, -0.25) is 9.59 Å². The smallest absolute Gasteiger partial charge is 0.293 e. The molecule has 1 aromatic rings. The van der Waals surface area contributed by atoms with Crippen LogP contribution in [0.2, 0.25) is 5.02 Å². The zero-order valence-electron chi connectivity index (χ0n) is 14.4. The number of nitrogens with zero attached hydrogens (tertiary/aromatic N) is 4. The first kappa shape index (κ1) is 18.5. The number of carbonyl (C=O) groups excluding carboxylic acids is 3. The molecule has 0 aliphatic carbocycles. The van der Waals surface area contributed by atoms with E-state index in [-0.39, 0.29) is 11.5 Å². The van der Waals surface area contributed by atoms with E-state index in [0.717, 1.165) is 4.90 Å². The molecule has 2 aliphatic rings. The number of ketones is 1. The third-order valence-corrected chi connectivity index (χ3v) is 5.35. The molecule has 0 aromatic heterocycles. The van der Waals surface area contributed by atoms with Crippen molar-refractivity contribution in [3.8, 4) is 0 Å². The molecule has 0 saturated heterocycles. The van der Waals surface area contributed by atoms with Crippen LogP contribution in [0.5, 0.6) is 0 Å². The molecule has 0 bridgehead atoms. The van der Waals surface area contributed by atoms with Gasteiger partial charge in [-0.2, -0.15) is 9.48 Å². The summed E-state index contributed by atoms with van der Waals surface area (Å²) in [6.45, 7) is 1.69. The molecular weight excluding hydrogens is 376 g/mol. The summed E-state index contributed by atoms with van der Waals surface area (Å²) in [7, 11) is 2.99. The maximum absolute atomic E-state index is 12.6. The Kier molecular flexibility index (Phi) is 5.06. The molecule has 0 N–H and O–H groups in total. The summed E-state index contributed by atoms with van der Waals surface area (Å²) in [4.78, 5) is 46.7. The fraction of sp³-hybridized carbons (Fsp3) is 0.294. The molecule has 1 aromatic carbocycles. The lowest BCUT2D eigenvalue weighted by molar-refractivity contribution is -0.407. The van der Waals surface area contributed by atoms with Gasteiger partial charge in [0, 0.05) is 17.5 Å². The zero-order chi connectivity index (χ0) is 19.0. The summed E-state index contributed by atoms with van der Waals surface area (Å²) >= 11 is 7.02. The van der Waals surface area contributed by atoms with Gasteiger partial charge in [-0.1, -0.05) is 16.6 Å². The molecule has 0 fully saturated rings. The second-order valence-corrected chi connectivity index (χ2v) is 7.29. The van der Waals surface area contributed by atoms with Gasteiger partial charge < -0.3 is 0 Å². The molecule has 2 aliphatic heterocycles. The Labute approximate surface area is 159 Å². The Bertz CT molecular complexity index is 905. The number of amidine groups is 2. The number of hydrogen-bond donors (Lipinski definition) is 0. The van der Waals surface area contributed by atoms with Crippen LogP contribution in [0.1, 0.15) is 17.3 Å². The highest BCUT2D eigenvalue weighted by atomic mass is 35.5. The Morgan fingerprint density at radius 1 is 1.27 bits per heavy atom. The normalized spacial score (nSPS) is 20.0. The van der Waals surface area contributed by atoms with Crippen LogP contribution in [-0.4, -0.2) is 63.8 Å². The van der Waals surface area contributed by atoms with Gasteiger partial charge in [0.15, 0.2) is 11.7 Å². The number of amides is 3. The molecule has 7 nitrogen and oxygen atoms in total. The fourth-order valence-electron chi connectivity index (χ4n) is 2.66. The van der Waals surface area contributed by atoms with Gasteiger partial charge in [-0.05, 0) is 24.3 Å². The number of Topliss-reactive ketones (excluding diaryl/α,β-unsaturated/α-hetero) is 1. The lowest BCUT2D eigenvalue weighted by atomic mass is 10.1. The average molecular weight is 392 g/mol. The first-order chi connectivity index (χ1) is 12.3. The molecule has 3 rings (SSSR count). The van der Waals surface area contributed by atoms with E-state index in [1.165, 1.54) is 23.4 Å². The number of urea groups is 1. The number of fused-ring (bicyclic) bond motifs is 1. The Hall–Kier alpha value is -2.32. The third-order valence-electron chi connectivity index (χ3n) is 4.07. The van der Waals surface area contributed by atoms with Crippen molar-refractivity contribution in [2.75, 3.05) is 19.8 Å². The Morgan fingerprint density at radius 2 is 1.92 bits per heavy atom. The number of hydrogen-bond acceptors (Lipinski definition) is 6. The number of benzene rings is 1. The number of carbonyl (C=O) groups is 3. The average Bonchev–Trinajstić information content (AvgIpc) is 2.62. The fourth-order valence-corrected chi connectivity index (χ4v) is 3.80. The van der Waals surface area contributed by atoms with Gasteiger partial charge in [-0.15, -0.1) is 11.8 Å². The summed E-state index contributed by atoms with van der Waals surface area (Å²) in [6.07, 6.45) is 0. The van der Waals surface area contributed by atoms with Crippen molar-refractivity contribution in [2.45, 2.75) is 6.92 Å². The predicted molar refractivity (Wildman–Crippen MR) is 102 cm³/mol. The van der Waals surface area contributed by atoms with Gasteiger partial charge in [0.05, 0.1) is 19.8 Å². The number of aliphatic imine (C=N–C) groups is 2. The monoisotopic (exact) mass is 391 g/mol. The van der Waals surface area contributed by atoms with Crippen molar-refractivity contribution in [3.05, 3.63) is 34.9 Å². The molecule has 0 radical (unpaired) electrons. The largest absolute Gasteiger partial charge is 0.445 e. The molecule has 3 amide bonds. The van der Waals surface area contributed by atoms with E-state index in [4.69, 9.17) is 11.6 Å². The van der Waals surface area contributed by atoms with Crippen LogP contribution in [0.4, 0.5) is 4.79 Å². The maximum atomic E-state index is 12.6. The van der Waals surface area contributed by atoms with E-state index in [1.54, 1.807) is 38.2 Å². The standard InChI is InChI=1S/C17H16ClN4O3S/c1-9-19-14-13(16(24)22(3)17(25)21(14)2)15(20-9)26-8-12(23)10-4-6-11(18)7-5-10/h4-7,13H,8H2,1-3H3/q+1. The summed E-state index contributed by atoms with van der Waals surface area (Å²) in [5.41, 5.74) is 0.535. The van der Waals surface area contributed by atoms with E-state index in [2.05, 4.69) is 9.98 Å². The summed E-state index contributed by atoms with van der Waals surface area (Å²) in [6, 6.07) is 6.18. The third kappa shape index (κ3) is 3.34. The second-order valence-electron chi connectivity index (χ2n) is 5.86. The molecule has 1 unspecified atom stereocenters. The number of imide groups is 1. The Balaban J connectivity index is 1.84. The number of rotatable bonds is 3. The van der Waals surface area contributed by atoms with Crippen LogP contribution in [0.15, 0.2) is 34.3 Å². The molecular formula is C17H16ClN4O3S+. The number of thioether (sulfide) groups is 1. The van der Waals surface area contributed by atoms with Gasteiger partial charge in [-0.25, -0.2) is 9.79 Å². The van der Waals surface area contributed by atoms with Crippen LogP contribution in [-0.2, 0) is 4.79 Å². The summed E-state index contributed by atoms with van der Waals surface area (Å²) < 4.78 is 1.34. The molecule has 2 heterocycles. The van der Waals surface area contributed by atoms with Gasteiger partial charge in [0.2, 0.25) is 5.84 Å². The summed E-state index contributed by atoms with van der Waals surface area (Å²) in [5, 5.41) is 1.02. The first-order valence-electron chi connectivity index (χ1n) is 7.77. The highest BCUT2D eigenvalue weighted by Crippen LogP contribution is 2.25. The van der Waals surface area contributed by atoms with Crippen molar-refractivity contribution in [2.24, 2.45) is 15.9 Å². The Morgan fingerprint density at radius 3 is 2.58 bits per heavy atom. The first-order valence-corrected chi connectivity index (χ1v) is 9.13. The van der Waals surface area contributed by atoms with Gasteiger partial charge in [0.25, 0.3) is 5.84 Å². The van der Waals surface area contributed by atoms with Crippen LogP contribution in [0.3, 0.4) is 0 Å². The topological polar surface area (TPSA) is 82.2 Å². The highest BCUT2D eigenvalue weighted by Gasteiger charge is 2.48.